The first kappa shape index (κ1) is 16.2. The maximum atomic E-state index is 14.1. The van der Waals surface area contributed by atoms with Gasteiger partial charge in [0.1, 0.15) is 0 Å². The summed E-state index contributed by atoms with van der Waals surface area (Å²) in [6.45, 7) is 3.73. The van der Waals surface area contributed by atoms with Gasteiger partial charge < -0.3 is 4.90 Å². The first-order valence-electron chi connectivity index (χ1n) is 7.27. The zero-order valence-electron chi connectivity index (χ0n) is 13.3. The molecule has 3 rings (SSSR count). The van der Waals surface area contributed by atoms with Crippen LogP contribution in [0.1, 0.15) is 19.4 Å². The maximum absolute atomic E-state index is 14.1. The summed E-state index contributed by atoms with van der Waals surface area (Å²) in [6.07, 6.45) is 1.13. The molecule has 0 saturated heterocycles. The Bertz CT molecular complexity index is 878. The second-order valence-corrected chi connectivity index (χ2v) is 6.24. The van der Waals surface area contributed by atoms with Gasteiger partial charge in [-0.3, -0.25) is 9.59 Å². The normalized spacial score (nSPS) is 21.9. The Kier molecular flexibility index (Phi) is 3.51. The number of likely N-dealkylation sites (N-methyl/N-ethyl adjacent to an activating group) is 1. The third-order valence-electron chi connectivity index (χ3n) is 4.49. The summed E-state index contributed by atoms with van der Waals surface area (Å²) in [5.74, 6) is -8.62. The number of benzene rings is 1. The summed E-state index contributed by atoms with van der Waals surface area (Å²) in [6, 6.07) is 7.44. The van der Waals surface area contributed by atoms with Crippen LogP contribution in [0.25, 0.3) is 0 Å². The van der Waals surface area contributed by atoms with Crippen LogP contribution < -0.4 is 4.90 Å². The second kappa shape index (κ2) is 5.19. The van der Waals surface area contributed by atoms with Crippen LogP contribution in [-0.4, -0.2) is 18.6 Å². The summed E-state index contributed by atoms with van der Waals surface area (Å²) in [4.78, 5) is 25.0. The molecule has 0 atom stereocenters. The first-order valence-corrected chi connectivity index (χ1v) is 7.27. The first-order chi connectivity index (χ1) is 11.2. The summed E-state index contributed by atoms with van der Waals surface area (Å²) in [7, 11) is 1.72. The van der Waals surface area contributed by atoms with E-state index in [1.165, 1.54) is 0 Å². The van der Waals surface area contributed by atoms with Crippen LogP contribution >= 0.6 is 0 Å². The average molecular weight is 333 g/mol. The van der Waals surface area contributed by atoms with Crippen LogP contribution in [0.3, 0.4) is 0 Å². The van der Waals surface area contributed by atoms with Crippen molar-refractivity contribution in [3.05, 3.63) is 64.7 Å². The van der Waals surface area contributed by atoms with Crippen molar-refractivity contribution in [1.82, 2.24) is 0 Å². The molecule has 6 heteroatoms. The number of carbonyl (C=O) groups excluding carboxylic acids is 2. The fourth-order valence-corrected chi connectivity index (χ4v) is 3.16. The number of hydrogen-bond donors (Lipinski definition) is 0. The topological polar surface area (TPSA) is 37.4 Å². The number of fused-ring (bicyclic) bond motifs is 1. The molecule has 0 unspecified atom stereocenters. The van der Waals surface area contributed by atoms with Gasteiger partial charge in [0.2, 0.25) is 17.4 Å². The number of allylic oxidation sites excluding steroid dienone is 6. The smallest absolute Gasteiger partial charge is 0.253 e. The number of rotatable bonds is 1. The van der Waals surface area contributed by atoms with E-state index in [4.69, 9.17) is 0 Å². The maximum Gasteiger partial charge on any atom is 0.253 e. The Labute approximate surface area is 136 Å². The highest BCUT2D eigenvalue weighted by Crippen LogP contribution is 2.47. The van der Waals surface area contributed by atoms with E-state index in [9.17, 15) is 22.8 Å². The third-order valence-corrected chi connectivity index (χ3v) is 4.49. The molecule has 0 spiro atoms. The number of ketones is 2. The zero-order valence-corrected chi connectivity index (χ0v) is 13.3. The monoisotopic (exact) mass is 333 g/mol. The van der Waals surface area contributed by atoms with Crippen molar-refractivity contribution in [1.29, 1.82) is 0 Å². The van der Waals surface area contributed by atoms with Crippen LogP contribution in [-0.2, 0) is 15.0 Å². The number of nitrogens with zero attached hydrogens (tertiary/aromatic N) is 1. The minimum atomic E-state index is -1.98. The summed E-state index contributed by atoms with van der Waals surface area (Å²) in [5.41, 5.74) is 0.938. The lowest BCUT2D eigenvalue weighted by Crippen LogP contribution is -2.25. The van der Waals surface area contributed by atoms with Gasteiger partial charge in [0.15, 0.2) is 5.83 Å². The third kappa shape index (κ3) is 2.06. The summed E-state index contributed by atoms with van der Waals surface area (Å²) < 4.78 is 40.9. The number of anilines is 1. The zero-order chi connectivity index (χ0) is 17.8. The molecule has 1 aliphatic heterocycles. The molecule has 124 valence electrons. The molecule has 3 nitrogen and oxygen atoms in total. The minimum absolute atomic E-state index is 0.505. The van der Waals surface area contributed by atoms with Crippen molar-refractivity contribution < 1.29 is 22.8 Å². The molecular weight excluding hydrogens is 319 g/mol. The van der Waals surface area contributed by atoms with E-state index >= 15 is 0 Å². The predicted octanol–water partition coefficient (Wildman–Crippen LogP) is 3.82. The molecule has 0 saturated carbocycles. The fraction of sp³-hybridized carbons (Fsp3) is 0.222. The molecular formula is C18H14F3NO2. The average Bonchev–Trinajstić information content (AvgIpc) is 2.75. The summed E-state index contributed by atoms with van der Waals surface area (Å²) >= 11 is 0. The van der Waals surface area contributed by atoms with Crippen molar-refractivity contribution in [2.24, 2.45) is 0 Å². The van der Waals surface area contributed by atoms with Gasteiger partial charge in [0.25, 0.3) is 5.78 Å². The SMILES string of the molecule is CN1/C(=C\C2=C(F)C(=O)C(F)=C(F)C2=O)C(C)(C)c2ccccc21. The van der Waals surface area contributed by atoms with Crippen LogP contribution in [0.2, 0.25) is 0 Å². The van der Waals surface area contributed by atoms with Gasteiger partial charge in [-0.25, -0.2) is 4.39 Å². The van der Waals surface area contributed by atoms with Gasteiger partial charge in [0, 0.05) is 23.8 Å². The Hall–Kier alpha value is -2.63. The molecule has 1 aliphatic carbocycles. The second-order valence-electron chi connectivity index (χ2n) is 6.24. The number of para-hydroxylation sites is 1. The standard InChI is InChI=1S/C18H14F3NO2/c1-18(2)10-6-4-5-7-11(10)22(3)12(18)8-9-13(19)17(24)15(21)14(20)16(9)23/h4-8H,1-3H3/b12-8-. The van der Waals surface area contributed by atoms with E-state index in [0.29, 0.717) is 5.70 Å². The number of Topliss-reactive ketones (excluding diaryl/α,β-unsaturated/α-hetero) is 2. The van der Waals surface area contributed by atoms with Crippen molar-refractivity contribution in [2.45, 2.75) is 19.3 Å². The van der Waals surface area contributed by atoms with Crippen LogP contribution in [0.15, 0.2) is 59.1 Å². The Balaban J connectivity index is 2.17. The number of halogens is 3. The summed E-state index contributed by atoms with van der Waals surface area (Å²) in [5, 5.41) is 0. The highest BCUT2D eigenvalue weighted by atomic mass is 19.2. The molecule has 2 aliphatic rings. The minimum Gasteiger partial charge on any atom is -0.347 e. The molecule has 0 radical (unpaired) electrons. The van der Waals surface area contributed by atoms with E-state index in [-0.39, 0.29) is 0 Å². The lowest BCUT2D eigenvalue weighted by molar-refractivity contribution is -0.119. The van der Waals surface area contributed by atoms with E-state index < -0.39 is 40.0 Å². The number of carbonyl (C=O) groups is 2. The Morgan fingerprint density at radius 3 is 2.17 bits per heavy atom. The molecule has 1 heterocycles. The van der Waals surface area contributed by atoms with Crippen LogP contribution in [0.4, 0.5) is 18.9 Å². The van der Waals surface area contributed by atoms with Gasteiger partial charge >= 0.3 is 0 Å². The molecule has 0 N–H and O–H groups in total. The molecule has 0 bridgehead atoms. The van der Waals surface area contributed by atoms with Gasteiger partial charge in [-0.05, 0) is 17.7 Å². The van der Waals surface area contributed by atoms with Crippen molar-refractivity contribution in [3.63, 3.8) is 0 Å². The van der Waals surface area contributed by atoms with E-state index in [1.807, 2.05) is 38.1 Å². The van der Waals surface area contributed by atoms with E-state index in [1.54, 1.807) is 11.9 Å². The lowest BCUT2D eigenvalue weighted by atomic mass is 9.82. The highest BCUT2D eigenvalue weighted by Gasteiger charge is 2.41. The van der Waals surface area contributed by atoms with Crippen LogP contribution in [0.5, 0.6) is 0 Å². The quantitative estimate of drug-likeness (QED) is 0.733. The van der Waals surface area contributed by atoms with Gasteiger partial charge in [-0.1, -0.05) is 32.0 Å². The molecule has 1 aromatic carbocycles. The Morgan fingerprint density at radius 2 is 1.54 bits per heavy atom. The molecule has 0 amide bonds. The lowest BCUT2D eigenvalue weighted by Gasteiger charge is -2.25. The van der Waals surface area contributed by atoms with Gasteiger partial charge in [-0.2, -0.15) is 8.78 Å². The molecule has 24 heavy (non-hydrogen) atoms. The van der Waals surface area contributed by atoms with Gasteiger partial charge in [0.05, 0.1) is 5.57 Å². The fourth-order valence-electron chi connectivity index (χ4n) is 3.16. The van der Waals surface area contributed by atoms with Crippen LogP contribution in [0, 0.1) is 0 Å². The van der Waals surface area contributed by atoms with Crippen molar-refractivity contribution in [3.8, 4) is 0 Å². The largest absolute Gasteiger partial charge is 0.347 e. The van der Waals surface area contributed by atoms with Gasteiger partial charge in [-0.15, -0.1) is 0 Å². The highest BCUT2D eigenvalue weighted by molar-refractivity contribution is 6.23. The molecule has 1 aromatic rings. The number of hydrogen-bond acceptors (Lipinski definition) is 3. The van der Waals surface area contributed by atoms with E-state index in [0.717, 1.165) is 17.3 Å². The molecule has 0 aromatic heterocycles. The Morgan fingerprint density at radius 1 is 0.958 bits per heavy atom. The predicted molar refractivity (Wildman–Crippen MR) is 83.3 cm³/mol. The molecule has 0 fully saturated rings. The van der Waals surface area contributed by atoms with E-state index in [2.05, 4.69) is 0 Å². The van der Waals surface area contributed by atoms with Crippen molar-refractivity contribution in [2.75, 3.05) is 11.9 Å². The van der Waals surface area contributed by atoms with Crippen molar-refractivity contribution >= 4 is 17.3 Å².